The lowest BCUT2D eigenvalue weighted by Crippen LogP contribution is -2.06. The second-order valence-electron chi connectivity index (χ2n) is 4.40. The van der Waals surface area contributed by atoms with Gasteiger partial charge in [0, 0.05) is 17.1 Å². The number of thiophene rings is 1. The Bertz CT molecular complexity index is 663. The lowest BCUT2D eigenvalue weighted by Gasteiger charge is -2.07. The number of hydrogen-bond acceptors (Lipinski definition) is 4. The zero-order valence-electron chi connectivity index (χ0n) is 11.1. The van der Waals surface area contributed by atoms with E-state index in [9.17, 15) is 8.42 Å². The van der Waals surface area contributed by atoms with Crippen LogP contribution >= 0.6 is 22.9 Å². The molecule has 0 spiro atoms. The van der Waals surface area contributed by atoms with Crippen molar-refractivity contribution in [1.82, 2.24) is 0 Å². The van der Waals surface area contributed by atoms with E-state index in [1.165, 1.54) is 11.3 Å². The van der Waals surface area contributed by atoms with Crippen LogP contribution in [-0.4, -0.2) is 14.2 Å². The van der Waals surface area contributed by atoms with Gasteiger partial charge in [-0.15, -0.1) is 11.3 Å². The smallest absolute Gasteiger partial charge is 0.178 e. The third kappa shape index (κ3) is 3.98. The van der Waals surface area contributed by atoms with Crippen LogP contribution < -0.4 is 5.32 Å². The molecule has 0 saturated heterocycles. The fraction of sp³-hybridized carbons (Fsp3) is 0.286. The highest BCUT2D eigenvalue weighted by Crippen LogP contribution is 2.23. The molecule has 0 bridgehead atoms. The maximum atomic E-state index is 11.9. The molecule has 2 rings (SSSR count). The zero-order valence-corrected chi connectivity index (χ0v) is 13.5. The summed E-state index contributed by atoms with van der Waals surface area (Å²) in [7, 11) is -3.13. The SMILES string of the molecule is CCCS(=O)(=O)c1ccc(NCc2ccc(Cl)s2)cc1. The molecule has 0 atom stereocenters. The Balaban J connectivity index is 2.01. The summed E-state index contributed by atoms with van der Waals surface area (Å²) in [6.45, 7) is 2.54. The number of nitrogens with one attached hydrogen (secondary N) is 1. The Morgan fingerprint density at radius 1 is 1.15 bits per heavy atom. The van der Waals surface area contributed by atoms with E-state index in [-0.39, 0.29) is 5.75 Å². The summed E-state index contributed by atoms with van der Waals surface area (Å²) in [4.78, 5) is 1.52. The van der Waals surface area contributed by atoms with Crippen LogP contribution in [0.25, 0.3) is 0 Å². The van der Waals surface area contributed by atoms with E-state index in [4.69, 9.17) is 11.6 Å². The highest BCUT2D eigenvalue weighted by atomic mass is 35.5. The van der Waals surface area contributed by atoms with Gasteiger partial charge in [0.15, 0.2) is 9.84 Å². The summed E-state index contributed by atoms with van der Waals surface area (Å²) in [6, 6.07) is 10.7. The number of benzene rings is 1. The molecule has 0 radical (unpaired) electrons. The fourth-order valence-electron chi connectivity index (χ4n) is 1.80. The Kier molecular flexibility index (Phi) is 5.07. The standard InChI is InChI=1S/C14H16ClNO2S2/c1-2-9-20(17,18)13-6-3-11(4-7-13)16-10-12-5-8-14(15)19-12/h3-8,16H,2,9-10H2,1H3. The molecule has 20 heavy (non-hydrogen) atoms. The summed E-state index contributed by atoms with van der Waals surface area (Å²) in [5.74, 6) is 0.188. The molecule has 3 nitrogen and oxygen atoms in total. The number of halogens is 1. The summed E-state index contributed by atoms with van der Waals surface area (Å²) in [6.07, 6.45) is 0.626. The number of anilines is 1. The highest BCUT2D eigenvalue weighted by Gasteiger charge is 2.12. The summed E-state index contributed by atoms with van der Waals surface area (Å²) in [5.41, 5.74) is 0.893. The summed E-state index contributed by atoms with van der Waals surface area (Å²) < 4.78 is 24.6. The summed E-state index contributed by atoms with van der Waals surface area (Å²) in [5, 5.41) is 3.24. The molecule has 0 aliphatic rings. The monoisotopic (exact) mass is 329 g/mol. The van der Waals surface area contributed by atoms with Crippen molar-refractivity contribution >= 4 is 38.5 Å². The quantitative estimate of drug-likeness (QED) is 0.864. The third-order valence-corrected chi connectivity index (χ3v) is 5.95. The van der Waals surface area contributed by atoms with Crippen LogP contribution in [0, 0.1) is 0 Å². The van der Waals surface area contributed by atoms with Gasteiger partial charge in [-0.25, -0.2) is 8.42 Å². The third-order valence-electron chi connectivity index (χ3n) is 2.78. The molecular formula is C14H16ClNO2S2. The molecule has 0 amide bonds. The van der Waals surface area contributed by atoms with Crippen LogP contribution in [0.2, 0.25) is 4.34 Å². The number of rotatable bonds is 6. The predicted octanol–water partition coefficient (Wildman–Crippen LogP) is 4.20. The minimum absolute atomic E-state index is 0.188. The van der Waals surface area contributed by atoms with E-state index in [2.05, 4.69) is 5.32 Å². The molecule has 0 fully saturated rings. The van der Waals surface area contributed by atoms with Gasteiger partial charge in [-0.1, -0.05) is 18.5 Å². The van der Waals surface area contributed by atoms with Gasteiger partial charge < -0.3 is 5.32 Å². The highest BCUT2D eigenvalue weighted by molar-refractivity contribution is 7.91. The first-order valence-electron chi connectivity index (χ1n) is 6.32. The second-order valence-corrected chi connectivity index (χ2v) is 8.31. The van der Waals surface area contributed by atoms with Gasteiger partial charge in [-0.05, 0) is 42.8 Å². The molecule has 0 aliphatic heterocycles. The first-order chi connectivity index (χ1) is 9.51. The first-order valence-corrected chi connectivity index (χ1v) is 9.17. The van der Waals surface area contributed by atoms with Gasteiger partial charge in [-0.3, -0.25) is 0 Å². The minimum Gasteiger partial charge on any atom is -0.380 e. The predicted molar refractivity (Wildman–Crippen MR) is 85.4 cm³/mol. The maximum absolute atomic E-state index is 11.9. The van der Waals surface area contributed by atoms with Gasteiger partial charge in [0.05, 0.1) is 15.0 Å². The fourth-order valence-corrected chi connectivity index (χ4v) is 4.15. The van der Waals surface area contributed by atoms with Gasteiger partial charge >= 0.3 is 0 Å². The molecule has 0 saturated carbocycles. The Labute approximate surface area is 128 Å². The molecule has 1 aromatic heterocycles. The van der Waals surface area contributed by atoms with Crippen LogP contribution in [0.1, 0.15) is 18.2 Å². The van der Waals surface area contributed by atoms with Crippen molar-refractivity contribution in [3.8, 4) is 0 Å². The maximum Gasteiger partial charge on any atom is 0.178 e. The zero-order chi connectivity index (χ0) is 14.6. The lowest BCUT2D eigenvalue weighted by atomic mass is 10.3. The van der Waals surface area contributed by atoms with Gasteiger partial charge in [0.1, 0.15) is 0 Å². The van der Waals surface area contributed by atoms with E-state index < -0.39 is 9.84 Å². The van der Waals surface area contributed by atoms with E-state index in [1.54, 1.807) is 24.3 Å². The van der Waals surface area contributed by atoms with E-state index in [1.807, 2.05) is 19.1 Å². The van der Waals surface area contributed by atoms with Gasteiger partial charge in [-0.2, -0.15) is 0 Å². The Morgan fingerprint density at radius 3 is 2.40 bits per heavy atom. The average Bonchev–Trinajstić information content (AvgIpc) is 2.83. The molecular weight excluding hydrogens is 314 g/mol. The van der Waals surface area contributed by atoms with Gasteiger partial charge in [0.2, 0.25) is 0 Å². The molecule has 1 heterocycles. The molecule has 1 aromatic carbocycles. The Hall–Kier alpha value is -1.04. The minimum atomic E-state index is -3.13. The van der Waals surface area contributed by atoms with Crippen molar-refractivity contribution in [3.63, 3.8) is 0 Å². The van der Waals surface area contributed by atoms with Crippen LogP contribution in [0.5, 0.6) is 0 Å². The average molecular weight is 330 g/mol. The largest absolute Gasteiger partial charge is 0.380 e. The molecule has 0 aliphatic carbocycles. The topological polar surface area (TPSA) is 46.2 Å². The van der Waals surface area contributed by atoms with Crippen molar-refractivity contribution < 1.29 is 8.42 Å². The number of hydrogen-bond donors (Lipinski definition) is 1. The normalized spacial score (nSPS) is 11.5. The van der Waals surface area contributed by atoms with Gasteiger partial charge in [0.25, 0.3) is 0 Å². The first kappa shape index (κ1) is 15.4. The summed E-state index contributed by atoms with van der Waals surface area (Å²) >= 11 is 7.39. The molecule has 6 heteroatoms. The van der Waals surface area contributed by atoms with Crippen LogP contribution in [0.4, 0.5) is 5.69 Å². The number of sulfone groups is 1. The van der Waals surface area contributed by atoms with E-state index in [0.717, 1.165) is 14.9 Å². The van der Waals surface area contributed by atoms with E-state index in [0.29, 0.717) is 17.9 Å². The Morgan fingerprint density at radius 2 is 1.85 bits per heavy atom. The van der Waals surface area contributed by atoms with Crippen molar-refractivity contribution in [1.29, 1.82) is 0 Å². The van der Waals surface area contributed by atoms with Crippen molar-refractivity contribution in [2.24, 2.45) is 0 Å². The van der Waals surface area contributed by atoms with Crippen LogP contribution in [0.3, 0.4) is 0 Å². The molecule has 2 aromatic rings. The molecule has 0 unspecified atom stereocenters. The molecule has 108 valence electrons. The van der Waals surface area contributed by atoms with Crippen LogP contribution in [-0.2, 0) is 16.4 Å². The molecule has 1 N–H and O–H groups in total. The van der Waals surface area contributed by atoms with Crippen LogP contribution in [0.15, 0.2) is 41.3 Å². The van der Waals surface area contributed by atoms with Crippen molar-refractivity contribution in [2.75, 3.05) is 11.1 Å². The second kappa shape index (κ2) is 6.61. The van der Waals surface area contributed by atoms with Crippen molar-refractivity contribution in [2.45, 2.75) is 24.8 Å². The van der Waals surface area contributed by atoms with E-state index >= 15 is 0 Å². The lowest BCUT2D eigenvalue weighted by molar-refractivity contribution is 0.595. The van der Waals surface area contributed by atoms with Crippen molar-refractivity contribution in [3.05, 3.63) is 45.6 Å².